The number of benzene rings is 3. The first-order valence-electron chi connectivity index (χ1n) is 12.8. The molecule has 0 aliphatic heterocycles. The van der Waals surface area contributed by atoms with Gasteiger partial charge in [-0.25, -0.2) is 9.07 Å². The van der Waals surface area contributed by atoms with Gasteiger partial charge in [0.2, 0.25) is 0 Å². The van der Waals surface area contributed by atoms with Crippen LogP contribution >= 0.6 is 0 Å². The average Bonchev–Trinajstić information content (AvgIpc) is 3.37. The highest BCUT2D eigenvalue weighted by Gasteiger charge is 2.26. The fourth-order valence-corrected chi connectivity index (χ4v) is 4.93. The maximum Gasteiger partial charge on any atom is 0.252 e. The van der Waals surface area contributed by atoms with Crippen LogP contribution < -0.4 is 5.56 Å². The van der Waals surface area contributed by atoms with E-state index in [0.29, 0.717) is 31.0 Å². The molecule has 38 heavy (non-hydrogen) atoms. The van der Waals surface area contributed by atoms with E-state index >= 15 is 0 Å². The number of halogens is 1. The predicted octanol–water partition coefficient (Wildman–Crippen LogP) is 5.47. The number of nitrogens with zero attached hydrogens (tertiary/aromatic N) is 5. The largest absolute Gasteiger partial charge is 0.321 e. The van der Waals surface area contributed by atoms with Gasteiger partial charge in [-0.15, -0.1) is 5.10 Å². The van der Waals surface area contributed by atoms with Crippen LogP contribution in [0.5, 0.6) is 0 Å². The smallest absolute Gasteiger partial charge is 0.252 e. The van der Waals surface area contributed by atoms with Crippen LogP contribution in [0.25, 0.3) is 10.9 Å². The van der Waals surface area contributed by atoms with Crippen molar-refractivity contribution in [3.05, 3.63) is 123 Å². The number of pyridine rings is 1. The van der Waals surface area contributed by atoms with Crippen molar-refractivity contribution in [3.63, 3.8) is 0 Å². The number of H-pyrrole nitrogens is 1. The van der Waals surface area contributed by atoms with Gasteiger partial charge in [0.25, 0.3) is 5.56 Å². The average molecular weight is 511 g/mol. The fourth-order valence-electron chi connectivity index (χ4n) is 4.93. The summed E-state index contributed by atoms with van der Waals surface area (Å²) in [7, 11) is 0. The van der Waals surface area contributed by atoms with Crippen LogP contribution in [0.3, 0.4) is 0 Å². The van der Waals surface area contributed by atoms with Gasteiger partial charge in [-0.1, -0.05) is 61.5 Å². The molecule has 5 aromatic rings. The molecule has 2 heterocycles. The number of nitrogens with one attached hydrogen (secondary N) is 1. The highest BCUT2D eigenvalue weighted by molar-refractivity contribution is 5.83. The van der Waals surface area contributed by atoms with E-state index in [0.717, 1.165) is 39.6 Å². The molecule has 5 rings (SSSR count). The molecule has 8 heteroatoms. The number of rotatable bonds is 9. The van der Waals surface area contributed by atoms with Crippen LogP contribution in [0.4, 0.5) is 4.39 Å². The minimum absolute atomic E-state index is 0.0926. The van der Waals surface area contributed by atoms with Gasteiger partial charge in [-0.2, -0.15) is 0 Å². The highest BCUT2D eigenvalue weighted by Crippen LogP contribution is 2.27. The minimum Gasteiger partial charge on any atom is -0.321 e. The molecule has 0 aliphatic carbocycles. The molecule has 2 aromatic heterocycles. The lowest BCUT2D eigenvalue weighted by Crippen LogP contribution is -2.32. The molecule has 0 bridgehead atoms. The number of aryl methyl sites for hydroxylation is 2. The molecule has 7 nitrogen and oxygen atoms in total. The van der Waals surface area contributed by atoms with Crippen molar-refractivity contribution >= 4 is 10.9 Å². The summed E-state index contributed by atoms with van der Waals surface area (Å²) in [5.74, 6) is 0.425. The van der Waals surface area contributed by atoms with Crippen LogP contribution in [-0.4, -0.2) is 30.1 Å². The number of aromatic nitrogens is 5. The monoisotopic (exact) mass is 510 g/mol. The first-order valence-corrected chi connectivity index (χ1v) is 12.8. The maximum absolute atomic E-state index is 13.4. The Kier molecular flexibility index (Phi) is 7.42. The summed E-state index contributed by atoms with van der Waals surface area (Å²) in [4.78, 5) is 18.6. The molecule has 194 valence electrons. The van der Waals surface area contributed by atoms with Gasteiger partial charge < -0.3 is 4.98 Å². The number of hydrogen-bond donors (Lipinski definition) is 1. The fraction of sp³-hybridized carbons (Fsp3) is 0.267. The molecular weight excluding hydrogens is 479 g/mol. The molecule has 0 unspecified atom stereocenters. The summed E-state index contributed by atoms with van der Waals surface area (Å²) in [6, 6.07) is 22.5. The van der Waals surface area contributed by atoms with Gasteiger partial charge in [0.15, 0.2) is 5.82 Å². The number of fused-ring (bicyclic) bond motifs is 1. The van der Waals surface area contributed by atoms with Gasteiger partial charge in [-0.05, 0) is 76.5 Å². The second-order valence-electron chi connectivity index (χ2n) is 9.73. The molecule has 0 fully saturated rings. The summed E-state index contributed by atoms with van der Waals surface area (Å²) >= 11 is 0. The third kappa shape index (κ3) is 5.40. The Morgan fingerprint density at radius 3 is 2.47 bits per heavy atom. The second kappa shape index (κ2) is 11.1. The normalized spacial score (nSPS) is 12.3. The van der Waals surface area contributed by atoms with Gasteiger partial charge in [0.1, 0.15) is 5.82 Å². The Bertz CT molecular complexity index is 1590. The Morgan fingerprint density at radius 1 is 0.974 bits per heavy atom. The van der Waals surface area contributed by atoms with Crippen molar-refractivity contribution in [2.45, 2.75) is 52.9 Å². The molecule has 0 spiro atoms. The molecule has 1 N–H and O–H groups in total. The number of hydrogen-bond acceptors (Lipinski definition) is 5. The summed E-state index contributed by atoms with van der Waals surface area (Å²) in [5.41, 5.74) is 5.74. The van der Waals surface area contributed by atoms with E-state index in [9.17, 15) is 9.18 Å². The van der Waals surface area contributed by atoms with E-state index in [1.807, 2.05) is 38.1 Å². The second-order valence-corrected chi connectivity index (χ2v) is 9.73. The predicted molar refractivity (Wildman–Crippen MR) is 146 cm³/mol. The number of tetrazole rings is 1. The van der Waals surface area contributed by atoms with Crippen molar-refractivity contribution in [3.8, 4) is 0 Å². The van der Waals surface area contributed by atoms with Crippen LogP contribution in [0.2, 0.25) is 0 Å². The van der Waals surface area contributed by atoms with E-state index in [2.05, 4.69) is 56.6 Å². The van der Waals surface area contributed by atoms with Crippen molar-refractivity contribution in [1.82, 2.24) is 30.1 Å². The van der Waals surface area contributed by atoms with Crippen LogP contribution in [-0.2, 0) is 19.6 Å². The molecule has 0 saturated carbocycles. The Morgan fingerprint density at radius 2 is 1.74 bits per heavy atom. The van der Waals surface area contributed by atoms with Crippen LogP contribution in [0, 0.1) is 19.7 Å². The van der Waals surface area contributed by atoms with E-state index in [-0.39, 0.29) is 17.4 Å². The van der Waals surface area contributed by atoms with Crippen molar-refractivity contribution in [2.24, 2.45) is 0 Å². The molecule has 0 saturated heterocycles. The molecular formula is C30H31FN6O. The van der Waals surface area contributed by atoms with Gasteiger partial charge >= 0.3 is 0 Å². The van der Waals surface area contributed by atoms with E-state index in [4.69, 9.17) is 0 Å². The van der Waals surface area contributed by atoms with Gasteiger partial charge in [0.05, 0.1) is 18.1 Å². The van der Waals surface area contributed by atoms with Crippen LogP contribution in [0.15, 0.2) is 77.6 Å². The SMILES string of the molecule is CC[C@@H](c1nnnn1Cc1ccc(F)cc1)N(Cc1ccccc1)Cc1cc2ccc(C)c(C)c2[nH]c1=O. The highest BCUT2D eigenvalue weighted by atomic mass is 19.1. The Balaban J connectivity index is 1.52. The third-order valence-corrected chi connectivity index (χ3v) is 7.16. The summed E-state index contributed by atoms with van der Waals surface area (Å²) < 4.78 is 15.2. The van der Waals surface area contributed by atoms with E-state index in [1.54, 1.807) is 16.8 Å². The quantitative estimate of drug-likeness (QED) is 0.284. The zero-order valence-electron chi connectivity index (χ0n) is 21.9. The van der Waals surface area contributed by atoms with Gasteiger partial charge in [-0.3, -0.25) is 9.69 Å². The lowest BCUT2D eigenvalue weighted by molar-refractivity contribution is 0.161. The Labute approximate surface area is 220 Å². The minimum atomic E-state index is -0.280. The van der Waals surface area contributed by atoms with Crippen molar-refractivity contribution in [1.29, 1.82) is 0 Å². The summed E-state index contributed by atoms with van der Waals surface area (Å²) in [6.07, 6.45) is 0.737. The molecule has 0 radical (unpaired) electrons. The number of aromatic amines is 1. The topological polar surface area (TPSA) is 79.7 Å². The van der Waals surface area contributed by atoms with E-state index < -0.39 is 0 Å². The zero-order valence-corrected chi connectivity index (χ0v) is 21.9. The Hall–Kier alpha value is -4.17. The standard InChI is InChI=1S/C30H31FN6O/c1-4-27(29-33-34-35-37(29)18-23-11-14-26(31)15-12-23)36(17-22-8-6-5-7-9-22)19-25-16-24-13-10-20(2)21(3)28(24)32-30(25)38/h5-16,27H,4,17-19H2,1-3H3,(H,32,38)/t27-/m0/s1. The first-order chi connectivity index (χ1) is 18.4. The lowest BCUT2D eigenvalue weighted by Gasteiger charge is -2.30. The van der Waals surface area contributed by atoms with Crippen LogP contribution in [0.1, 0.15) is 53.0 Å². The van der Waals surface area contributed by atoms with Gasteiger partial charge in [0, 0.05) is 18.7 Å². The zero-order chi connectivity index (χ0) is 26.6. The van der Waals surface area contributed by atoms with Crippen molar-refractivity contribution in [2.75, 3.05) is 0 Å². The molecule has 0 aliphatic rings. The summed E-state index contributed by atoms with van der Waals surface area (Å²) in [6.45, 7) is 7.64. The lowest BCUT2D eigenvalue weighted by atomic mass is 10.0. The summed E-state index contributed by atoms with van der Waals surface area (Å²) in [5, 5.41) is 13.6. The molecule has 0 amide bonds. The van der Waals surface area contributed by atoms with Crippen molar-refractivity contribution < 1.29 is 4.39 Å². The maximum atomic E-state index is 13.4. The molecule has 3 aromatic carbocycles. The third-order valence-electron chi connectivity index (χ3n) is 7.16. The van der Waals surface area contributed by atoms with E-state index in [1.165, 1.54) is 12.1 Å². The first kappa shape index (κ1) is 25.5. The molecule has 1 atom stereocenters.